The summed E-state index contributed by atoms with van der Waals surface area (Å²) in [5.74, 6) is 0.191. The second kappa shape index (κ2) is 8.44. The van der Waals surface area contributed by atoms with Crippen LogP contribution in [-0.2, 0) is 14.8 Å². The Labute approximate surface area is 140 Å². The fraction of sp³-hybridized carbons (Fsp3) is 0.938. The second-order valence-corrected chi connectivity index (χ2v) is 8.93. The summed E-state index contributed by atoms with van der Waals surface area (Å²) in [4.78, 5) is 16.4. The van der Waals surface area contributed by atoms with Gasteiger partial charge in [-0.1, -0.05) is 6.42 Å². The van der Waals surface area contributed by atoms with Gasteiger partial charge in [0.15, 0.2) is 0 Å². The van der Waals surface area contributed by atoms with Crippen molar-refractivity contribution in [3.8, 4) is 0 Å². The molecule has 1 atom stereocenters. The first-order valence-electron chi connectivity index (χ1n) is 8.91. The topological polar surface area (TPSA) is 60.9 Å². The van der Waals surface area contributed by atoms with E-state index in [1.54, 1.807) is 18.2 Å². The Morgan fingerprint density at radius 2 is 1.83 bits per heavy atom. The molecule has 0 spiro atoms. The molecule has 2 rings (SSSR count). The van der Waals surface area contributed by atoms with Gasteiger partial charge < -0.3 is 9.80 Å². The van der Waals surface area contributed by atoms with Crippen LogP contribution in [0.1, 0.15) is 46.0 Å². The molecule has 7 heteroatoms. The van der Waals surface area contributed by atoms with E-state index in [0.717, 1.165) is 32.5 Å². The van der Waals surface area contributed by atoms with E-state index in [4.69, 9.17) is 0 Å². The van der Waals surface area contributed by atoms with E-state index in [0.29, 0.717) is 19.6 Å². The monoisotopic (exact) mass is 345 g/mol. The minimum Gasteiger partial charge on any atom is -0.337 e. The summed E-state index contributed by atoms with van der Waals surface area (Å²) in [6.45, 7) is 8.16. The fourth-order valence-electron chi connectivity index (χ4n) is 3.64. The number of hydrogen-bond donors (Lipinski definition) is 0. The van der Waals surface area contributed by atoms with Gasteiger partial charge in [0.1, 0.15) is 0 Å². The van der Waals surface area contributed by atoms with Crippen LogP contribution in [0.5, 0.6) is 0 Å². The van der Waals surface area contributed by atoms with Crippen LogP contribution >= 0.6 is 0 Å². The maximum atomic E-state index is 12.1. The van der Waals surface area contributed by atoms with E-state index >= 15 is 0 Å². The van der Waals surface area contributed by atoms with Gasteiger partial charge in [0, 0.05) is 39.1 Å². The molecule has 134 valence electrons. The van der Waals surface area contributed by atoms with Crippen molar-refractivity contribution in [2.24, 2.45) is 0 Å². The molecule has 0 aromatic rings. The lowest BCUT2D eigenvalue weighted by Gasteiger charge is -2.39. The minimum atomic E-state index is -3.16. The van der Waals surface area contributed by atoms with Crippen molar-refractivity contribution >= 4 is 15.9 Å². The van der Waals surface area contributed by atoms with Crippen LogP contribution < -0.4 is 0 Å². The molecule has 23 heavy (non-hydrogen) atoms. The normalized spacial score (nSPS) is 24.5. The molecule has 0 N–H and O–H groups in total. The largest absolute Gasteiger partial charge is 0.337 e. The Morgan fingerprint density at radius 3 is 2.43 bits per heavy atom. The van der Waals surface area contributed by atoms with Crippen molar-refractivity contribution in [3.05, 3.63) is 0 Å². The first-order chi connectivity index (χ1) is 10.9. The van der Waals surface area contributed by atoms with Gasteiger partial charge in [-0.15, -0.1) is 0 Å². The molecule has 0 aromatic heterocycles. The average molecular weight is 346 g/mol. The molecule has 6 nitrogen and oxygen atoms in total. The Morgan fingerprint density at radius 1 is 1.13 bits per heavy atom. The first-order valence-corrected chi connectivity index (χ1v) is 10.5. The van der Waals surface area contributed by atoms with Gasteiger partial charge in [0.25, 0.3) is 0 Å². The number of carbonyl (C=O) groups is 1. The van der Waals surface area contributed by atoms with Crippen LogP contribution in [0.2, 0.25) is 0 Å². The first kappa shape index (κ1) is 18.7. The third-order valence-electron chi connectivity index (χ3n) is 5.07. The quantitative estimate of drug-likeness (QED) is 0.724. The summed E-state index contributed by atoms with van der Waals surface area (Å²) in [6, 6.07) is 0.0207. The Kier molecular flexibility index (Phi) is 6.85. The van der Waals surface area contributed by atoms with E-state index in [9.17, 15) is 13.2 Å². The predicted molar refractivity (Wildman–Crippen MR) is 91.7 cm³/mol. The van der Waals surface area contributed by atoms with Gasteiger partial charge in [-0.25, -0.2) is 8.42 Å². The Bertz CT molecular complexity index is 489. The number of carbonyl (C=O) groups excluding carboxylic acids is 1. The number of nitrogens with zero attached hydrogens (tertiary/aromatic N) is 3. The van der Waals surface area contributed by atoms with E-state index < -0.39 is 10.0 Å². The van der Waals surface area contributed by atoms with E-state index in [2.05, 4.69) is 4.90 Å². The molecule has 0 aromatic carbocycles. The molecule has 2 fully saturated rings. The van der Waals surface area contributed by atoms with Gasteiger partial charge in [0.2, 0.25) is 15.9 Å². The summed E-state index contributed by atoms with van der Waals surface area (Å²) in [5, 5.41) is 0. The number of sulfonamides is 1. The maximum absolute atomic E-state index is 12.1. The highest BCUT2D eigenvalue weighted by atomic mass is 32.2. The van der Waals surface area contributed by atoms with E-state index in [1.165, 1.54) is 19.3 Å². The molecule has 2 saturated heterocycles. The average Bonchev–Trinajstić information content (AvgIpc) is 2.56. The summed E-state index contributed by atoms with van der Waals surface area (Å²) in [5.41, 5.74) is 0. The van der Waals surface area contributed by atoms with Crippen LogP contribution in [-0.4, -0.2) is 79.5 Å². The second-order valence-electron chi connectivity index (χ2n) is 6.67. The highest BCUT2D eigenvalue weighted by Gasteiger charge is 2.32. The zero-order chi connectivity index (χ0) is 16.9. The van der Waals surface area contributed by atoms with Crippen LogP contribution in [0.15, 0.2) is 0 Å². The minimum absolute atomic E-state index is 0.0207. The molecule has 1 unspecified atom stereocenters. The SMILES string of the molecule is CCS(=O)(=O)N1CCCC(N(CCN2CCCCC2)C(C)=O)C1. The number of piperidine rings is 2. The summed E-state index contributed by atoms with van der Waals surface area (Å²) in [7, 11) is -3.16. The maximum Gasteiger partial charge on any atom is 0.219 e. The highest BCUT2D eigenvalue weighted by molar-refractivity contribution is 7.89. The molecule has 0 radical (unpaired) electrons. The van der Waals surface area contributed by atoms with E-state index in [1.807, 2.05) is 4.90 Å². The molecular formula is C16H31N3O3S. The molecule has 0 saturated carbocycles. The molecule has 0 aliphatic carbocycles. The molecule has 2 heterocycles. The van der Waals surface area contributed by atoms with E-state index in [-0.39, 0.29) is 17.7 Å². The van der Waals surface area contributed by atoms with Crippen molar-refractivity contribution in [2.45, 2.75) is 52.0 Å². The lowest BCUT2D eigenvalue weighted by atomic mass is 10.1. The van der Waals surface area contributed by atoms with Gasteiger partial charge >= 0.3 is 0 Å². The zero-order valence-electron chi connectivity index (χ0n) is 14.5. The molecule has 0 bridgehead atoms. The molecular weight excluding hydrogens is 314 g/mol. The van der Waals surface area contributed by atoms with Crippen LogP contribution in [0.25, 0.3) is 0 Å². The highest BCUT2D eigenvalue weighted by Crippen LogP contribution is 2.19. The van der Waals surface area contributed by atoms with Crippen molar-refractivity contribution in [1.82, 2.24) is 14.1 Å². The van der Waals surface area contributed by atoms with Gasteiger partial charge in [-0.3, -0.25) is 4.79 Å². The van der Waals surface area contributed by atoms with Crippen LogP contribution in [0, 0.1) is 0 Å². The van der Waals surface area contributed by atoms with Gasteiger partial charge in [-0.2, -0.15) is 4.31 Å². The van der Waals surface area contributed by atoms with Crippen molar-refractivity contribution in [2.75, 3.05) is 45.0 Å². The molecule has 1 amide bonds. The third kappa shape index (κ3) is 5.16. The lowest BCUT2D eigenvalue weighted by molar-refractivity contribution is -0.132. The number of rotatable bonds is 6. The third-order valence-corrected chi connectivity index (χ3v) is 6.92. The fourth-order valence-corrected chi connectivity index (χ4v) is 4.81. The molecule has 2 aliphatic heterocycles. The number of amides is 1. The Balaban J connectivity index is 1.95. The summed E-state index contributed by atoms with van der Waals surface area (Å²) < 4.78 is 25.8. The standard InChI is InChI=1S/C16H31N3O3S/c1-3-23(21,22)18-11-7-8-16(14-18)19(15(2)20)13-12-17-9-5-4-6-10-17/h16H,3-14H2,1-2H3. The lowest BCUT2D eigenvalue weighted by Crippen LogP contribution is -2.53. The predicted octanol–water partition coefficient (Wildman–Crippen LogP) is 1.13. The van der Waals surface area contributed by atoms with Crippen LogP contribution in [0.4, 0.5) is 0 Å². The van der Waals surface area contributed by atoms with Gasteiger partial charge in [-0.05, 0) is 45.7 Å². The van der Waals surface area contributed by atoms with Crippen molar-refractivity contribution in [1.29, 1.82) is 0 Å². The smallest absolute Gasteiger partial charge is 0.219 e. The summed E-state index contributed by atoms with van der Waals surface area (Å²) in [6.07, 6.45) is 5.52. The van der Waals surface area contributed by atoms with Gasteiger partial charge in [0.05, 0.1) is 5.75 Å². The molecule has 2 aliphatic rings. The van der Waals surface area contributed by atoms with Crippen LogP contribution in [0.3, 0.4) is 0 Å². The number of hydrogen-bond acceptors (Lipinski definition) is 4. The van der Waals surface area contributed by atoms with Crippen molar-refractivity contribution < 1.29 is 13.2 Å². The Hall–Kier alpha value is -0.660. The zero-order valence-corrected chi connectivity index (χ0v) is 15.4. The summed E-state index contributed by atoms with van der Waals surface area (Å²) >= 11 is 0. The number of likely N-dealkylation sites (tertiary alicyclic amines) is 1. The van der Waals surface area contributed by atoms with Crippen molar-refractivity contribution in [3.63, 3.8) is 0 Å².